The van der Waals surface area contributed by atoms with Crippen molar-refractivity contribution in [3.63, 3.8) is 0 Å². The summed E-state index contributed by atoms with van der Waals surface area (Å²) in [5.74, 6) is 1.55. The first kappa shape index (κ1) is 16.2. The molecule has 0 aliphatic carbocycles. The van der Waals surface area contributed by atoms with Crippen LogP contribution in [0, 0.1) is 11.8 Å². The van der Waals surface area contributed by atoms with Gasteiger partial charge >= 0.3 is 0 Å². The zero-order valence-corrected chi connectivity index (χ0v) is 13.0. The van der Waals surface area contributed by atoms with Crippen LogP contribution in [0.25, 0.3) is 0 Å². The molecule has 0 amide bonds. The second-order valence-electron chi connectivity index (χ2n) is 6.79. The van der Waals surface area contributed by atoms with E-state index in [0.29, 0.717) is 19.3 Å². The lowest BCUT2D eigenvalue weighted by atomic mass is 9.88. The molecule has 2 N–H and O–H groups in total. The molecule has 118 valence electrons. The normalized spacial score (nSPS) is 30.8. The molecule has 0 saturated carbocycles. The van der Waals surface area contributed by atoms with Crippen molar-refractivity contribution < 1.29 is 10.2 Å². The molecule has 2 fully saturated rings. The number of hydrogen-bond acceptors (Lipinski definition) is 4. The van der Waals surface area contributed by atoms with Crippen LogP contribution in [0.2, 0.25) is 0 Å². The summed E-state index contributed by atoms with van der Waals surface area (Å²) >= 11 is 0. The first-order valence-corrected chi connectivity index (χ1v) is 8.37. The van der Waals surface area contributed by atoms with Gasteiger partial charge in [-0.1, -0.05) is 0 Å². The summed E-state index contributed by atoms with van der Waals surface area (Å²) in [6.07, 6.45) is 6.97. The molecule has 0 aromatic carbocycles. The van der Waals surface area contributed by atoms with Crippen LogP contribution in [0.15, 0.2) is 0 Å². The van der Waals surface area contributed by atoms with Crippen LogP contribution in [0.4, 0.5) is 0 Å². The minimum absolute atomic E-state index is 0.314. The van der Waals surface area contributed by atoms with Gasteiger partial charge in [-0.15, -0.1) is 0 Å². The first-order valence-electron chi connectivity index (χ1n) is 8.37. The third-order valence-corrected chi connectivity index (χ3v) is 5.34. The van der Waals surface area contributed by atoms with Gasteiger partial charge in [0.25, 0.3) is 0 Å². The molecule has 4 nitrogen and oxygen atoms in total. The highest BCUT2D eigenvalue weighted by atomic mass is 16.3. The zero-order chi connectivity index (χ0) is 14.4. The lowest BCUT2D eigenvalue weighted by Crippen LogP contribution is -2.45. The van der Waals surface area contributed by atoms with E-state index in [-0.39, 0.29) is 0 Å². The van der Waals surface area contributed by atoms with Crippen LogP contribution in [0.1, 0.15) is 38.5 Å². The molecule has 0 aromatic rings. The van der Waals surface area contributed by atoms with Gasteiger partial charge in [-0.3, -0.25) is 0 Å². The highest BCUT2D eigenvalue weighted by Crippen LogP contribution is 2.27. The highest BCUT2D eigenvalue weighted by molar-refractivity contribution is 4.83. The van der Waals surface area contributed by atoms with Crippen molar-refractivity contribution in [1.29, 1.82) is 0 Å². The summed E-state index contributed by atoms with van der Waals surface area (Å²) in [5.41, 5.74) is 0. The molecule has 0 spiro atoms. The SMILES string of the molecule is CN1CCC(CN2CCC(CCO)CC2)CC1CCO. The summed E-state index contributed by atoms with van der Waals surface area (Å²) in [6, 6.07) is 0.575. The number of hydrogen-bond donors (Lipinski definition) is 2. The van der Waals surface area contributed by atoms with E-state index in [9.17, 15) is 0 Å². The lowest BCUT2D eigenvalue weighted by Gasteiger charge is -2.40. The number of piperidine rings is 2. The Balaban J connectivity index is 1.71. The molecular weight excluding hydrogens is 252 g/mol. The average molecular weight is 284 g/mol. The van der Waals surface area contributed by atoms with Gasteiger partial charge < -0.3 is 20.0 Å². The van der Waals surface area contributed by atoms with Gasteiger partial charge in [0.15, 0.2) is 0 Å². The summed E-state index contributed by atoms with van der Waals surface area (Å²) < 4.78 is 0. The van der Waals surface area contributed by atoms with Crippen molar-refractivity contribution in [1.82, 2.24) is 9.80 Å². The Labute approximate surface area is 123 Å². The fraction of sp³-hybridized carbons (Fsp3) is 1.00. The van der Waals surface area contributed by atoms with Crippen molar-refractivity contribution in [2.24, 2.45) is 11.8 Å². The Kier molecular flexibility index (Phi) is 6.75. The number of aliphatic hydroxyl groups is 2. The zero-order valence-electron chi connectivity index (χ0n) is 13.0. The largest absolute Gasteiger partial charge is 0.396 e. The molecule has 0 bridgehead atoms. The fourth-order valence-corrected chi connectivity index (χ4v) is 3.91. The molecule has 0 radical (unpaired) electrons. The summed E-state index contributed by atoms with van der Waals surface area (Å²) in [6.45, 7) is 5.50. The van der Waals surface area contributed by atoms with Gasteiger partial charge in [0, 0.05) is 25.8 Å². The first-order chi connectivity index (χ1) is 9.72. The highest BCUT2D eigenvalue weighted by Gasteiger charge is 2.28. The van der Waals surface area contributed by atoms with Crippen LogP contribution >= 0.6 is 0 Å². The van der Waals surface area contributed by atoms with Crippen molar-refractivity contribution in [3.8, 4) is 0 Å². The minimum atomic E-state index is 0.314. The van der Waals surface area contributed by atoms with Gasteiger partial charge in [0.1, 0.15) is 0 Å². The van der Waals surface area contributed by atoms with E-state index < -0.39 is 0 Å². The molecule has 4 heteroatoms. The second kappa shape index (κ2) is 8.32. The van der Waals surface area contributed by atoms with Crippen LogP contribution < -0.4 is 0 Å². The molecule has 2 atom stereocenters. The molecule has 2 aliphatic heterocycles. The Morgan fingerprint density at radius 3 is 2.20 bits per heavy atom. The van der Waals surface area contributed by atoms with Gasteiger partial charge in [-0.25, -0.2) is 0 Å². The number of nitrogens with zero attached hydrogens (tertiary/aromatic N) is 2. The molecule has 20 heavy (non-hydrogen) atoms. The van der Waals surface area contributed by atoms with E-state index >= 15 is 0 Å². The quantitative estimate of drug-likeness (QED) is 0.769. The van der Waals surface area contributed by atoms with Crippen molar-refractivity contribution >= 4 is 0 Å². The summed E-state index contributed by atoms with van der Waals surface area (Å²) in [4.78, 5) is 5.04. The monoisotopic (exact) mass is 284 g/mol. The Bertz CT molecular complexity index is 267. The lowest BCUT2D eigenvalue weighted by molar-refractivity contribution is 0.0794. The maximum atomic E-state index is 9.17. The molecule has 2 heterocycles. The van der Waals surface area contributed by atoms with Crippen molar-refractivity contribution in [2.75, 3.05) is 46.4 Å². The van der Waals surface area contributed by atoms with E-state index in [1.165, 1.54) is 51.9 Å². The molecular formula is C16H32N2O2. The number of aliphatic hydroxyl groups excluding tert-OH is 2. The third-order valence-electron chi connectivity index (χ3n) is 5.34. The fourth-order valence-electron chi connectivity index (χ4n) is 3.91. The molecule has 2 rings (SSSR count). The third kappa shape index (κ3) is 4.69. The topological polar surface area (TPSA) is 46.9 Å². The van der Waals surface area contributed by atoms with Gasteiger partial charge in [0.05, 0.1) is 0 Å². The van der Waals surface area contributed by atoms with Gasteiger partial charge in [-0.05, 0) is 77.0 Å². The average Bonchev–Trinajstić information content (AvgIpc) is 2.45. The van der Waals surface area contributed by atoms with Crippen LogP contribution in [-0.2, 0) is 0 Å². The maximum absolute atomic E-state index is 9.17. The smallest absolute Gasteiger partial charge is 0.0445 e. The van der Waals surface area contributed by atoms with Gasteiger partial charge in [-0.2, -0.15) is 0 Å². The molecule has 2 saturated heterocycles. The van der Waals surface area contributed by atoms with E-state index in [2.05, 4.69) is 16.8 Å². The number of likely N-dealkylation sites (tertiary alicyclic amines) is 2. The summed E-state index contributed by atoms with van der Waals surface area (Å²) in [5, 5.41) is 18.2. The predicted octanol–water partition coefficient (Wildman–Crippen LogP) is 1.17. The minimum Gasteiger partial charge on any atom is -0.396 e. The van der Waals surface area contributed by atoms with E-state index in [1.807, 2.05) is 0 Å². The maximum Gasteiger partial charge on any atom is 0.0445 e. The van der Waals surface area contributed by atoms with E-state index in [4.69, 9.17) is 10.2 Å². The number of rotatable bonds is 6. The van der Waals surface area contributed by atoms with Crippen LogP contribution in [-0.4, -0.2) is 72.5 Å². The molecule has 0 aromatic heterocycles. The summed E-state index contributed by atoms with van der Waals surface area (Å²) in [7, 11) is 2.19. The predicted molar refractivity (Wildman–Crippen MR) is 81.7 cm³/mol. The van der Waals surface area contributed by atoms with Crippen molar-refractivity contribution in [2.45, 2.75) is 44.6 Å². The van der Waals surface area contributed by atoms with Crippen LogP contribution in [0.5, 0.6) is 0 Å². The van der Waals surface area contributed by atoms with E-state index in [1.54, 1.807) is 0 Å². The van der Waals surface area contributed by atoms with E-state index in [0.717, 1.165) is 24.7 Å². The molecule has 2 unspecified atom stereocenters. The van der Waals surface area contributed by atoms with Gasteiger partial charge in [0.2, 0.25) is 0 Å². The standard InChI is InChI=1S/C16H32N2O2/c1-17-7-2-15(12-16(17)6-11-20)13-18-8-3-14(4-9-18)5-10-19/h14-16,19-20H,2-13H2,1H3. The Hall–Kier alpha value is -0.160. The second-order valence-corrected chi connectivity index (χ2v) is 6.79. The van der Waals surface area contributed by atoms with Crippen LogP contribution in [0.3, 0.4) is 0 Å². The van der Waals surface area contributed by atoms with Crippen molar-refractivity contribution in [3.05, 3.63) is 0 Å². The Morgan fingerprint density at radius 2 is 1.55 bits per heavy atom. The molecule has 2 aliphatic rings. The Morgan fingerprint density at radius 1 is 0.900 bits per heavy atom.